The summed E-state index contributed by atoms with van der Waals surface area (Å²) in [6.45, 7) is 6.45. The van der Waals surface area contributed by atoms with Gasteiger partial charge in [0.25, 0.3) is 0 Å². The molecule has 0 unspecified atom stereocenters. The Balaban J connectivity index is 4.53. The lowest BCUT2D eigenvalue weighted by Crippen LogP contribution is -2.09. The molecule has 0 rings (SSSR count). The molecule has 3 heteroatoms. The van der Waals surface area contributed by atoms with Gasteiger partial charge in [-0.1, -0.05) is 30.4 Å². The van der Waals surface area contributed by atoms with E-state index in [1.165, 1.54) is 13.0 Å². The van der Waals surface area contributed by atoms with Gasteiger partial charge in [-0.3, -0.25) is 0 Å². The summed E-state index contributed by atoms with van der Waals surface area (Å²) in [5, 5.41) is 0. The lowest BCUT2D eigenvalue weighted by Gasteiger charge is -2.05. The van der Waals surface area contributed by atoms with Crippen LogP contribution < -0.4 is 0 Å². The standard InChI is InChI=1S/C9H11F3/c1-4-8(9(10,11)12)6-5-7(2)3/h4-6H,2H2,1,3H3/b6-5-,8-4+. The molecule has 0 spiro atoms. The normalized spacial score (nSPS) is 13.9. The second kappa shape index (κ2) is 4.14. The second-order valence-electron chi connectivity index (χ2n) is 2.42. The topological polar surface area (TPSA) is 0 Å². The first-order chi connectivity index (χ1) is 5.38. The zero-order valence-corrected chi connectivity index (χ0v) is 7.07. The highest BCUT2D eigenvalue weighted by atomic mass is 19.4. The third-order valence-corrected chi connectivity index (χ3v) is 1.19. The highest BCUT2D eigenvalue weighted by molar-refractivity contribution is 5.28. The van der Waals surface area contributed by atoms with Gasteiger partial charge in [0.1, 0.15) is 0 Å². The molecule has 0 aliphatic carbocycles. The Hall–Kier alpha value is -0.990. The quantitative estimate of drug-likeness (QED) is 0.563. The SMILES string of the molecule is C=C(C)/C=C\C(=C/C)C(F)(F)F. The smallest absolute Gasteiger partial charge is 0.166 e. The van der Waals surface area contributed by atoms with Gasteiger partial charge in [-0.2, -0.15) is 13.2 Å². The fraction of sp³-hybridized carbons (Fsp3) is 0.333. The van der Waals surface area contributed by atoms with Crippen molar-refractivity contribution < 1.29 is 13.2 Å². The van der Waals surface area contributed by atoms with Crippen LogP contribution in [0.15, 0.2) is 36.0 Å². The average Bonchev–Trinajstić information content (AvgIpc) is 1.85. The first-order valence-corrected chi connectivity index (χ1v) is 3.45. The molecule has 0 aromatic rings. The van der Waals surface area contributed by atoms with Crippen molar-refractivity contribution >= 4 is 0 Å². The van der Waals surface area contributed by atoms with E-state index in [1.807, 2.05) is 0 Å². The Morgan fingerprint density at radius 1 is 1.25 bits per heavy atom. The third kappa shape index (κ3) is 4.01. The minimum atomic E-state index is -4.26. The summed E-state index contributed by atoms with van der Waals surface area (Å²) in [4.78, 5) is 0. The highest BCUT2D eigenvalue weighted by Crippen LogP contribution is 2.26. The molecule has 0 atom stereocenters. The van der Waals surface area contributed by atoms with E-state index in [2.05, 4.69) is 6.58 Å². The molecule has 68 valence electrons. The summed E-state index contributed by atoms with van der Waals surface area (Å²) in [6.07, 6.45) is -0.884. The van der Waals surface area contributed by atoms with E-state index in [0.717, 1.165) is 12.2 Å². The zero-order chi connectivity index (χ0) is 9.78. The van der Waals surface area contributed by atoms with Gasteiger partial charge in [-0.05, 0) is 13.8 Å². The van der Waals surface area contributed by atoms with Crippen LogP contribution in [0.3, 0.4) is 0 Å². The predicted molar refractivity (Wildman–Crippen MR) is 43.8 cm³/mol. The van der Waals surface area contributed by atoms with Crippen LogP contribution in [0.1, 0.15) is 13.8 Å². The van der Waals surface area contributed by atoms with Crippen molar-refractivity contribution in [3.63, 3.8) is 0 Å². The van der Waals surface area contributed by atoms with E-state index >= 15 is 0 Å². The van der Waals surface area contributed by atoms with E-state index in [4.69, 9.17) is 0 Å². The van der Waals surface area contributed by atoms with Crippen molar-refractivity contribution in [3.8, 4) is 0 Å². The molecule has 0 bridgehead atoms. The maximum absolute atomic E-state index is 12.0. The Morgan fingerprint density at radius 3 is 2.00 bits per heavy atom. The molecule has 0 aliphatic rings. The van der Waals surface area contributed by atoms with Gasteiger partial charge < -0.3 is 0 Å². The molecule has 0 amide bonds. The van der Waals surface area contributed by atoms with Crippen LogP contribution >= 0.6 is 0 Å². The molecular weight excluding hydrogens is 165 g/mol. The molecule has 0 heterocycles. The minimum Gasteiger partial charge on any atom is -0.166 e. The van der Waals surface area contributed by atoms with E-state index in [-0.39, 0.29) is 0 Å². The molecule has 0 saturated carbocycles. The van der Waals surface area contributed by atoms with Gasteiger partial charge >= 0.3 is 6.18 Å². The Bertz CT molecular complexity index is 218. The van der Waals surface area contributed by atoms with Crippen molar-refractivity contribution in [2.75, 3.05) is 0 Å². The van der Waals surface area contributed by atoms with Gasteiger partial charge in [0, 0.05) is 0 Å². The molecule has 12 heavy (non-hydrogen) atoms. The van der Waals surface area contributed by atoms with Crippen LogP contribution in [0, 0.1) is 0 Å². The summed E-state index contributed by atoms with van der Waals surface area (Å²) in [5.74, 6) is 0. The fourth-order valence-corrected chi connectivity index (χ4v) is 0.586. The van der Waals surface area contributed by atoms with Crippen molar-refractivity contribution in [3.05, 3.63) is 36.0 Å². The monoisotopic (exact) mass is 176 g/mol. The van der Waals surface area contributed by atoms with Crippen LogP contribution in [0.25, 0.3) is 0 Å². The lowest BCUT2D eigenvalue weighted by atomic mass is 10.2. The number of allylic oxidation sites excluding steroid dienone is 5. The third-order valence-electron chi connectivity index (χ3n) is 1.19. The van der Waals surface area contributed by atoms with Crippen LogP contribution in [0.5, 0.6) is 0 Å². The zero-order valence-electron chi connectivity index (χ0n) is 7.07. The maximum atomic E-state index is 12.0. The number of halogens is 3. The fourth-order valence-electron chi connectivity index (χ4n) is 0.586. The summed E-state index contributed by atoms with van der Waals surface area (Å²) in [5.41, 5.74) is -0.0518. The Labute approximate surface area is 70.1 Å². The predicted octanol–water partition coefficient (Wildman–Crippen LogP) is 3.63. The average molecular weight is 176 g/mol. The van der Waals surface area contributed by atoms with E-state index < -0.39 is 11.7 Å². The Morgan fingerprint density at radius 2 is 1.75 bits per heavy atom. The van der Waals surface area contributed by atoms with Gasteiger partial charge in [0.15, 0.2) is 0 Å². The van der Waals surface area contributed by atoms with Gasteiger partial charge in [0.05, 0.1) is 5.57 Å². The van der Waals surface area contributed by atoms with Crippen LogP contribution in [0.4, 0.5) is 13.2 Å². The van der Waals surface area contributed by atoms with Crippen LogP contribution in [0.2, 0.25) is 0 Å². The number of alkyl halides is 3. The van der Waals surface area contributed by atoms with Crippen LogP contribution in [-0.2, 0) is 0 Å². The molecule has 0 aromatic carbocycles. The molecule has 0 radical (unpaired) electrons. The van der Waals surface area contributed by atoms with Crippen LogP contribution in [-0.4, -0.2) is 6.18 Å². The van der Waals surface area contributed by atoms with Crippen molar-refractivity contribution in [2.24, 2.45) is 0 Å². The minimum absolute atomic E-state index is 0.596. The molecule has 0 aromatic heterocycles. The molecule has 0 N–H and O–H groups in total. The van der Waals surface area contributed by atoms with Gasteiger partial charge in [-0.25, -0.2) is 0 Å². The molecular formula is C9H11F3. The second-order valence-corrected chi connectivity index (χ2v) is 2.42. The molecule has 0 fully saturated rings. The number of hydrogen-bond donors (Lipinski definition) is 0. The van der Waals surface area contributed by atoms with Gasteiger partial charge in [-0.15, -0.1) is 0 Å². The highest BCUT2D eigenvalue weighted by Gasteiger charge is 2.30. The summed E-state index contributed by atoms with van der Waals surface area (Å²) < 4.78 is 36.1. The van der Waals surface area contributed by atoms with E-state index in [1.54, 1.807) is 6.92 Å². The molecule has 0 nitrogen and oxygen atoms in total. The van der Waals surface area contributed by atoms with E-state index in [0.29, 0.717) is 5.57 Å². The van der Waals surface area contributed by atoms with Crippen molar-refractivity contribution in [1.82, 2.24) is 0 Å². The largest absolute Gasteiger partial charge is 0.416 e. The van der Waals surface area contributed by atoms with Gasteiger partial charge in [0.2, 0.25) is 0 Å². The van der Waals surface area contributed by atoms with E-state index in [9.17, 15) is 13.2 Å². The molecule has 0 aliphatic heterocycles. The van der Waals surface area contributed by atoms with Crippen molar-refractivity contribution in [1.29, 1.82) is 0 Å². The summed E-state index contributed by atoms with van der Waals surface area (Å²) in [7, 11) is 0. The first kappa shape index (κ1) is 11.0. The number of rotatable bonds is 2. The summed E-state index contributed by atoms with van der Waals surface area (Å²) in [6, 6.07) is 0. The summed E-state index contributed by atoms with van der Waals surface area (Å²) >= 11 is 0. The maximum Gasteiger partial charge on any atom is 0.416 e. The number of hydrogen-bond acceptors (Lipinski definition) is 0. The van der Waals surface area contributed by atoms with Crippen molar-refractivity contribution in [2.45, 2.75) is 20.0 Å². The lowest BCUT2D eigenvalue weighted by molar-refractivity contribution is -0.0883. The first-order valence-electron chi connectivity index (χ1n) is 3.45. The Kier molecular flexibility index (Phi) is 3.80. The molecule has 0 saturated heterocycles.